The number of alkyl halides is 4. The first-order valence-corrected chi connectivity index (χ1v) is 11.9. The van der Waals surface area contributed by atoms with Crippen LogP contribution >= 0.6 is 0 Å². The predicted octanol–water partition coefficient (Wildman–Crippen LogP) is 6.87. The highest BCUT2D eigenvalue weighted by molar-refractivity contribution is 5.88. The van der Waals surface area contributed by atoms with Crippen molar-refractivity contribution in [1.29, 1.82) is 0 Å². The van der Waals surface area contributed by atoms with Crippen LogP contribution < -0.4 is 4.74 Å². The molecule has 1 aliphatic heterocycles. The molecule has 0 bridgehead atoms. The Bertz CT molecular complexity index is 1310. The molecular formula is C27H28F4N2O3. The number of likely N-dealkylation sites (tertiary alicyclic amines) is 1. The molecule has 1 saturated carbocycles. The highest BCUT2D eigenvalue weighted by Crippen LogP contribution is 2.61. The van der Waals surface area contributed by atoms with Crippen LogP contribution in [0.5, 0.6) is 5.75 Å². The van der Waals surface area contributed by atoms with Crippen molar-refractivity contribution in [1.82, 2.24) is 9.88 Å². The average Bonchev–Trinajstić information content (AvgIpc) is 3.30. The third-order valence-corrected chi connectivity index (χ3v) is 7.88. The van der Waals surface area contributed by atoms with Crippen LogP contribution in [0.4, 0.5) is 17.6 Å². The van der Waals surface area contributed by atoms with E-state index in [0.717, 1.165) is 28.1 Å². The maximum absolute atomic E-state index is 14.2. The van der Waals surface area contributed by atoms with Gasteiger partial charge >= 0.3 is 5.97 Å². The Morgan fingerprint density at radius 2 is 2.00 bits per heavy atom. The van der Waals surface area contributed by atoms with Gasteiger partial charge in [0.15, 0.2) is 0 Å². The molecule has 2 aliphatic rings. The number of aromatic nitrogens is 1. The van der Waals surface area contributed by atoms with Gasteiger partial charge in [0.05, 0.1) is 12.7 Å². The van der Waals surface area contributed by atoms with Crippen LogP contribution in [0.2, 0.25) is 0 Å². The summed E-state index contributed by atoms with van der Waals surface area (Å²) in [6, 6.07) is 7.05. The van der Waals surface area contributed by atoms with E-state index in [1.807, 2.05) is 30.2 Å². The number of aryl methyl sites for hydroxylation is 1. The fraction of sp³-hybridized carbons (Fsp3) is 0.444. The third-order valence-electron chi connectivity index (χ3n) is 7.88. The van der Waals surface area contributed by atoms with E-state index in [9.17, 15) is 27.5 Å². The number of H-pyrrole nitrogens is 1. The Labute approximate surface area is 206 Å². The number of nitrogens with zero attached hydrogens (tertiary/aromatic N) is 1. The van der Waals surface area contributed by atoms with E-state index in [-0.39, 0.29) is 24.0 Å². The lowest BCUT2D eigenvalue weighted by Crippen LogP contribution is -2.53. The molecule has 0 radical (unpaired) electrons. The Morgan fingerprint density at radius 3 is 2.64 bits per heavy atom. The standard InChI is InChI=1S/C27H28F4N2O3/c1-15-9-22(36-2)20(18-5-7-32-23(15)18)12-33-8-6-26(13-27(30,31)14-26)11-21(33)17-4-3-16(25(34)35)10-19(17)24(28)29/h3-5,7,9-10,21,24,32H,6,8,11-14H2,1-2H3,(H,34,35). The van der Waals surface area contributed by atoms with Crippen molar-refractivity contribution in [2.45, 2.75) is 57.5 Å². The summed E-state index contributed by atoms with van der Waals surface area (Å²) in [7, 11) is 1.58. The summed E-state index contributed by atoms with van der Waals surface area (Å²) in [5.41, 5.74) is 1.93. The first-order chi connectivity index (χ1) is 17.0. The fourth-order valence-corrected chi connectivity index (χ4v) is 6.22. The van der Waals surface area contributed by atoms with Crippen molar-refractivity contribution in [3.05, 3.63) is 64.3 Å². The van der Waals surface area contributed by atoms with Crippen LogP contribution in [-0.4, -0.2) is 40.5 Å². The molecule has 5 rings (SSSR count). The van der Waals surface area contributed by atoms with Crippen molar-refractivity contribution in [2.75, 3.05) is 13.7 Å². The van der Waals surface area contributed by atoms with Gasteiger partial charge in [0.1, 0.15) is 5.75 Å². The van der Waals surface area contributed by atoms with Gasteiger partial charge in [-0.3, -0.25) is 4.90 Å². The maximum Gasteiger partial charge on any atom is 0.335 e. The second-order valence-corrected chi connectivity index (χ2v) is 10.2. The van der Waals surface area contributed by atoms with Gasteiger partial charge < -0.3 is 14.8 Å². The number of halogens is 4. The second kappa shape index (κ2) is 8.80. The minimum atomic E-state index is -2.90. The average molecular weight is 505 g/mol. The number of aromatic carboxylic acids is 1. The molecular weight excluding hydrogens is 476 g/mol. The fourth-order valence-electron chi connectivity index (χ4n) is 6.22. The molecule has 192 valence electrons. The zero-order valence-corrected chi connectivity index (χ0v) is 20.1. The van der Waals surface area contributed by atoms with Crippen molar-refractivity contribution < 1.29 is 32.2 Å². The van der Waals surface area contributed by atoms with Crippen LogP contribution in [0.15, 0.2) is 36.5 Å². The highest BCUT2D eigenvalue weighted by Gasteiger charge is 2.58. The number of hydrogen-bond acceptors (Lipinski definition) is 3. The number of fused-ring (bicyclic) bond motifs is 1. The number of methoxy groups -OCH3 is 1. The van der Waals surface area contributed by atoms with Gasteiger partial charge in [-0.25, -0.2) is 22.4 Å². The second-order valence-electron chi connectivity index (χ2n) is 10.2. The third kappa shape index (κ3) is 4.23. The lowest BCUT2D eigenvalue weighted by atomic mass is 9.58. The van der Waals surface area contributed by atoms with Gasteiger partial charge in [0.25, 0.3) is 6.43 Å². The molecule has 9 heteroatoms. The van der Waals surface area contributed by atoms with E-state index in [1.54, 1.807) is 7.11 Å². The molecule has 2 N–H and O–H groups in total. The molecule has 2 aromatic carbocycles. The number of carboxylic acid groups (broad SMARTS) is 1. The normalized spacial score (nSPS) is 21.1. The minimum Gasteiger partial charge on any atom is -0.496 e. The Hall–Kier alpha value is -3.07. The SMILES string of the molecule is COc1cc(C)c2[nH]ccc2c1CN1CCC2(CC1c1ccc(C(=O)O)cc1C(F)F)CC(F)(F)C2. The van der Waals surface area contributed by atoms with Crippen LogP contribution in [0.25, 0.3) is 10.9 Å². The zero-order valence-electron chi connectivity index (χ0n) is 20.1. The number of carboxylic acids is 1. The summed E-state index contributed by atoms with van der Waals surface area (Å²) < 4.78 is 61.9. The van der Waals surface area contributed by atoms with E-state index < -0.39 is 29.8 Å². The summed E-state index contributed by atoms with van der Waals surface area (Å²) in [4.78, 5) is 16.7. The van der Waals surface area contributed by atoms with Crippen LogP contribution in [0.3, 0.4) is 0 Å². The molecule has 1 aromatic heterocycles. The molecule has 1 spiro atoms. The van der Waals surface area contributed by atoms with Crippen molar-refractivity contribution >= 4 is 16.9 Å². The number of piperidine rings is 1. The molecule has 2 fully saturated rings. The number of carbonyl (C=O) groups is 1. The first-order valence-electron chi connectivity index (χ1n) is 11.9. The van der Waals surface area contributed by atoms with Gasteiger partial charge in [0, 0.05) is 53.7 Å². The molecule has 1 unspecified atom stereocenters. The maximum atomic E-state index is 14.2. The molecule has 0 amide bonds. The Balaban J connectivity index is 1.58. The van der Waals surface area contributed by atoms with Gasteiger partial charge in [-0.1, -0.05) is 6.07 Å². The van der Waals surface area contributed by atoms with Crippen molar-refractivity contribution in [3.8, 4) is 5.75 Å². The minimum absolute atomic E-state index is 0.226. The van der Waals surface area contributed by atoms with E-state index in [2.05, 4.69) is 4.98 Å². The van der Waals surface area contributed by atoms with Gasteiger partial charge in [-0.05, 0) is 67.1 Å². The molecule has 2 heterocycles. The summed E-state index contributed by atoms with van der Waals surface area (Å²) in [5, 5.41) is 10.3. The topological polar surface area (TPSA) is 65.6 Å². The van der Waals surface area contributed by atoms with Gasteiger partial charge in [-0.15, -0.1) is 0 Å². The largest absolute Gasteiger partial charge is 0.496 e. The zero-order chi connectivity index (χ0) is 25.8. The summed E-state index contributed by atoms with van der Waals surface area (Å²) in [6.07, 6.45) is -0.721. The lowest BCUT2D eigenvalue weighted by molar-refractivity contribution is -0.186. The summed E-state index contributed by atoms with van der Waals surface area (Å²) in [5.74, 6) is -3.36. The molecule has 5 nitrogen and oxygen atoms in total. The van der Waals surface area contributed by atoms with Gasteiger partial charge in [-0.2, -0.15) is 0 Å². The monoisotopic (exact) mass is 504 g/mol. The molecule has 1 saturated heterocycles. The number of hydrogen-bond donors (Lipinski definition) is 2. The smallest absolute Gasteiger partial charge is 0.335 e. The summed E-state index contributed by atoms with van der Waals surface area (Å²) in [6.45, 7) is 2.79. The summed E-state index contributed by atoms with van der Waals surface area (Å²) >= 11 is 0. The van der Waals surface area contributed by atoms with Crippen LogP contribution in [0, 0.1) is 12.3 Å². The van der Waals surface area contributed by atoms with Crippen molar-refractivity contribution in [2.24, 2.45) is 5.41 Å². The lowest BCUT2D eigenvalue weighted by Gasteiger charge is -2.55. The molecule has 36 heavy (non-hydrogen) atoms. The highest BCUT2D eigenvalue weighted by atomic mass is 19.3. The first kappa shape index (κ1) is 24.6. The molecule has 1 atom stereocenters. The number of rotatable bonds is 6. The van der Waals surface area contributed by atoms with E-state index >= 15 is 0 Å². The quantitative estimate of drug-likeness (QED) is 0.360. The Kier molecular flexibility index (Phi) is 6.01. The Morgan fingerprint density at radius 1 is 1.25 bits per heavy atom. The van der Waals surface area contributed by atoms with E-state index in [4.69, 9.17) is 4.74 Å². The van der Waals surface area contributed by atoms with Crippen LogP contribution in [0.1, 0.15) is 70.8 Å². The predicted molar refractivity (Wildman–Crippen MR) is 127 cm³/mol. The molecule has 1 aliphatic carbocycles. The number of nitrogens with one attached hydrogen (secondary N) is 1. The number of aromatic amines is 1. The molecule has 3 aromatic rings. The van der Waals surface area contributed by atoms with Crippen molar-refractivity contribution in [3.63, 3.8) is 0 Å². The van der Waals surface area contributed by atoms with Gasteiger partial charge in [0.2, 0.25) is 5.92 Å². The number of ether oxygens (including phenoxy) is 1. The number of benzene rings is 2. The van der Waals surface area contributed by atoms with E-state index in [0.29, 0.717) is 37.2 Å². The van der Waals surface area contributed by atoms with Crippen LogP contribution in [-0.2, 0) is 6.54 Å². The van der Waals surface area contributed by atoms with E-state index in [1.165, 1.54) is 12.1 Å².